The number of hydrogen-bond donors (Lipinski definition) is 1. The monoisotopic (exact) mass is 457 g/mol. The molecular formula is C22H20BrNO3S. The highest BCUT2D eigenvalue weighted by Gasteiger charge is 2.23. The van der Waals surface area contributed by atoms with E-state index in [1.54, 1.807) is 12.1 Å². The summed E-state index contributed by atoms with van der Waals surface area (Å²) in [6, 6.07) is 19.0. The van der Waals surface area contributed by atoms with Gasteiger partial charge in [-0.3, -0.25) is 9.00 Å². The molecule has 144 valence electrons. The van der Waals surface area contributed by atoms with Crippen molar-refractivity contribution in [3.05, 3.63) is 87.8 Å². The van der Waals surface area contributed by atoms with E-state index in [1.807, 2.05) is 36.4 Å². The van der Waals surface area contributed by atoms with Gasteiger partial charge in [0, 0.05) is 9.37 Å². The molecule has 28 heavy (non-hydrogen) atoms. The Morgan fingerprint density at radius 1 is 1.11 bits per heavy atom. The van der Waals surface area contributed by atoms with Gasteiger partial charge in [-0.15, -0.1) is 0 Å². The van der Waals surface area contributed by atoms with Gasteiger partial charge in [0.05, 0.1) is 22.6 Å². The minimum absolute atomic E-state index is 0.00268. The van der Waals surface area contributed by atoms with Gasteiger partial charge in [0.1, 0.15) is 5.76 Å². The Balaban J connectivity index is 1.42. The Morgan fingerprint density at radius 3 is 2.71 bits per heavy atom. The molecule has 0 bridgehead atoms. The van der Waals surface area contributed by atoms with Crippen LogP contribution >= 0.6 is 15.9 Å². The number of furan rings is 1. The van der Waals surface area contributed by atoms with Crippen LogP contribution in [0.25, 0.3) is 0 Å². The molecule has 3 aromatic rings. The van der Waals surface area contributed by atoms with Gasteiger partial charge in [0.2, 0.25) is 0 Å². The van der Waals surface area contributed by atoms with Gasteiger partial charge in [0.25, 0.3) is 5.91 Å². The van der Waals surface area contributed by atoms with E-state index < -0.39 is 10.8 Å². The lowest BCUT2D eigenvalue weighted by atomic mass is 9.88. The molecule has 1 heterocycles. The molecule has 4 rings (SSSR count). The summed E-state index contributed by atoms with van der Waals surface area (Å²) in [6.07, 6.45) is 3.02. The molecule has 1 aliphatic carbocycles. The number of amides is 1. The van der Waals surface area contributed by atoms with Crippen molar-refractivity contribution in [2.45, 2.75) is 36.0 Å². The Morgan fingerprint density at radius 2 is 1.89 bits per heavy atom. The van der Waals surface area contributed by atoms with Gasteiger partial charge in [-0.2, -0.15) is 0 Å². The highest BCUT2D eigenvalue weighted by Crippen LogP contribution is 2.29. The van der Waals surface area contributed by atoms with Crippen LogP contribution in [-0.2, 0) is 23.0 Å². The van der Waals surface area contributed by atoms with Crippen molar-refractivity contribution in [3.8, 4) is 0 Å². The third-order valence-electron chi connectivity index (χ3n) is 4.91. The van der Waals surface area contributed by atoms with Crippen LogP contribution < -0.4 is 5.32 Å². The maximum Gasteiger partial charge on any atom is 0.287 e. The molecule has 0 saturated heterocycles. The summed E-state index contributed by atoms with van der Waals surface area (Å²) in [5.74, 6) is 0.796. The average Bonchev–Trinajstić information content (AvgIpc) is 3.17. The molecule has 0 fully saturated rings. The third kappa shape index (κ3) is 4.28. The quantitative estimate of drug-likeness (QED) is 0.575. The molecule has 1 amide bonds. The number of halogens is 1. The first kappa shape index (κ1) is 19.2. The van der Waals surface area contributed by atoms with Crippen LogP contribution in [0.3, 0.4) is 0 Å². The van der Waals surface area contributed by atoms with E-state index in [-0.39, 0.29) is 23.5 Å². The summed E-state index contributed by atoms with van der Waals surface area (Å²) >= 11 is 3.37. The van der Waals surface area contributed by atoms with Crippen molar-refractivity contribution in [1.82, 2.24) is 5.32 Å². The molecule has 0 aliphatic heterocycles. The first-order valence-corrected chi connectivity index (χ1v) is 11.3. The molecular weight excluding hydrogens is 438 g/mol. The SMILES string of the molecule is O=C(N[C@@H]1CCCc2ccccc21)c1ccc(C[S@](=O)c2ccc(Br)cc2)o1. The van der Waals surface area contributed by atoms with E-state index in [9.17, 15) is 9.00 Å². The van der Waals surface area contributed by atoms with E-state index in [0.29, 0.717) is 5.76 Å². The van der Waals surface area contributed by atoms with Crippen LogP contribution in [0, 0.1) is 0 Å². The van der Waals surface area contributed by atoms with Crippen molar-refractivity contribution in [1.29, 1.82) is 0 Å². The van der Waals surface area contributed by atoms with Crippen LogP contribution in [0.15, 0.2) is 74.4 Å². The number of fused-ring (bicyclic) bond motifs is 1. The molecule has 0 radical (unpaired) electrons. The van der Waals surface area contributed by atoms with Gasteiger partial charge < -0.3 is 9.73 Å². The molecule has 1 aromatic heterocycles. The fourth-order valence-corrected chi connectivity index (χ4v) is 4.79. The minimum Gasteiger partial charge on any atom is -0.455 e. The molecule has 1 N–H and O–H groups in total. The van der Waals surface area contributed by atoms with Crippen LogP contribution in [0.2, 0.25) is 0 Å². The van der Waals surface area contributed by atoms with Crippen molar-refractivity contribution in [2.75, 3.05) is 0 Å². The standard InChI is InChI=1S/C22H20BrNO3S/c23-16-8-11-18(12-9-16)28(26)14-17-10-13-21(27-17)22(25)24-20-7-3-5-15-4-1-2-6-19(15)20/h1-2,4,6,8-13,20H,3,5,7,14H2,(H,24,25)/t20-,28+/m1/s1. The average molecular weight is 458 g/mol. The van der Waals surface area contributed by atoms with Crippen LogP contribution in [0.4, 0.5) is 0 Å². The normalized spacial score (nSPS) is 17.0. The molecule has 1 aliphatic rings. The number of carbonyl (C=O) groups excluding carboxylic acids is 1. The first-order chi connectivity index (χ1) is 13.6. The van der Waals surface area contributed by atoms with Gasteiger partial charge in [-0.25, -0.2) is 0 Å². The zero-order chi connectivity index (χ0) is 19.5. The fourth-order valence-electron chi connectivity index (χ4n) is 3.51. The summed E-state index contributed by atoms with van der Waals surface area (Å²) in [5.41, 5.74) is 2.48. The summed E-state index contributed by atoms with van der Waals surface area (Å²) in [6.45, 7) is 0. The van der Waals surface area contributed by atoms with Gasteiger partial charge >= 0.3 is 0 Å². The molecule has 2 aromatic carbocycles. The van der Waals surface area contributed by atoms with Crippen molar-refractivity contribution >= 4 is 32.6 Å². The fraction of sp³-hybridized carbons (Fsp3) is 0.227. The number of nitrogens with one attached hydrogen (secondary N) is 1. The maximum absolute atomic E-state index is 12.6. The van der Waals surface area contributed by atoms with Crippen LogP contribution in [0.5, 0.6) is 0 Å². The Bertz CT molecular complexity index is 1010. The predicted molar refractivity (Wildman–Crippen MR) is 113 cm³/mol. The van der Waals surface area contributed by atoms with Gasteiger partial charge in [-0.05, 0) is 66.8 Å². The van der Waals surface area contributed by atoms with Gasteiger partial charge in [-0.1, -0.05) is 40.2 Å². The highest BCUT2D eigenvalue weighted by atomic mass is 79.9. The summed E-state index contributed by atoms with van der Waals surface area (Å²) < 4.78 is 19.1. The highest BCUT2D eigenvalue weighted by molar-refractivity contribution is 9.10. The Kier molecular flexibility index (Phi) is 5.78. The Labute approximate surface area is 174 Å². The molecule has 2 atom stereocenters. The second-order valence-corrected chi connectivity index (χ2v) is 9.19. The van der Waals surface area contributed by atoms with Crippen molar-refractivity contribution < 1.29 is 13.4 Å². The number of carbonyl (C=O) groups is 1. The maximum atomic E-state index is 12.6. The van der Waals surface area contributed by atoms with E-state index in [1.165, 1.54) is 11.1 Å². The molecule has 6 heteroatoms. The van der Waals surface area contributed by atoms with E-state index in [0.717, 1.165) is 28.6 Å². The van der Waals surface area contributed by atoms with E-state index in [4.69, 9.17) is 4.42 Å². The van der Waals surface area contributed by atoms with E-state index >= 15 is 0 Å². The lowest BCUT2D eigenvalue weighted by Gasteiger charge is -2.25. The van der Waals surface area contributed by atoms with Crippen LogP contribution in [0.1, 0.15) is 46.3 Å². The third-order valence-corrected chi connectivity index (χ3v) is 6.78. The van der Waals surface area contributed by atoms with E-state index in [2.05, 4.69) is 33.4 Å². The zero-order valence-electron chi connectivity index (χ0n) is 15.2. The topological polar surface area (TPSA) is 59.3 Å². The minimum atomic E-state index is -1.22. The second kappa shape index (κ2) is 8.45. The first-order valence-electron chi connectivity index (χ1n) is 9.21. The van der Waals surface area contributed by atoms with Crippen LogP contribution in [-0.4, -0.2) is 10.1 Å². The molecule has 0 unspecified atom stereocenters. The second-order valence-electron chi connectivity index (χ2n) is 6.83. The molecule has 4 nitrogen and oxygen atoms in total. The number of hydrogen-bond acceptors (Lipinski definition) is 3. The summed E-state index contributed by atoms with van der Waals surface area (Å²) in [4.78, 5) is 13.4. The molecule has 0 spiro atoms. The zero-order valence-corrected chi connectivity index (χ0v) is 17.6. The number of aryl methyl sites for hydroxylation is 1. The summed E-state index contributed by atoms with van der Waals surface area (Å²) in [5, 5.41) is 3.08. The van der Waals surface area contributed by atoms with Gasteiger partial charge in [0.15, 0.2) is 5.76 Å². The lowest BCUT2D eigenvalue weighted by Crippen LogP contribution is -2.30. The summed E-state index contributed by atoms with van der Waals surface area (Å²) in [7, 11) is -1.22. The molecule has 0 saturated carbocycles. The smallest absolute Gasteiger partial charge is 0.287 e. The van der Waals surface area contributed by atoms with Crippen molar-refractivity contribution in [2.24, 2.45) is 0 Å². The predicted octanol–water partition coefficient (Wildman–Crippen LogP) is 5.16. The Hall–Kier alpha value is -2.18. The largest absolute Gasteiger partial charge is 0.455 e. The lowest BCUT2D eigenvalue weighted by molar-refractivity contribution is 0.0903. The number of benzene rings is 2. The van der Waals surface area contributed by atoms with Crippen molar-refractivity contribution in [3.63, 3.8) is 0 Å². The number of rotatable bonds is 5.